The number of carbonyl (C=O) groups excluding carboxylic acids is 2. The predicted molar refractivity (Wildman–Crippen MR) is 156 cm³/mol. The zero-order valence-corrected chi connectivity index (χ0v) is 24.9. The molecule has 0 unspecified atom stereocenters. The Kier molecular flexibility index (Phi) is 9.44. The molecule has 0 spiro atoms. The predicted octanol–water partition coefficient (Wildman–Crippen LogP) is 4.16. The van der Waals surface area contributed by atoms with Crippen LogP contribution in [0.4, 0.5) is 0 Å². The molecule has 41 heavy (non-hydrogen) atoms. The quantitative estimate of drug-likeness (QED) is 0.263. The molecule has 0 fully saturated rings. The lowest BCUT2D eigenvalue weighted by molar-refractivity contribution is -0.140. The van der Waals surface area contributed by atoms with Gasteiger partial charge in [-0.2, -0.15) is 0 Å². The molecule has 9 nitrogen and oxygen atoms in total. The number of benzene rings is 2. The van der Waals surface area contributed by atoms with E-state index in [9.17, 15) is 14.4 Å². The Balaban J connectivity index is 1.89. The van der Waals surface area contributed by atoms with Crippen molar-refractivity contribution < 1.29 is 28.5 Å². The Bertz CT molecular complexity index is 1650. The first-order valence-electron chi connectivity index (χ1n) is 13.5. The zero-order valence-electron chi connectivity index (χ0n) is 24.1. The Morgan fingerprint density at radius 2 is 1.76 bits per heavy atom. The van der Waals surface area contributed by atoms with Crippen molar-refractivity contribution in [2.24, 2.45) is 10.9 Å². The standard InChI is InChI=1S/C31H34N2O7S/c1-7-37-23-12-9-21(10-13-23)15-26-29(35)33-28(22-11-14-24(40-20(6)34)25(16-22)38-8-2)27(19(5)32-31(33)41-26)30(36)39-17-18(3)4/h9-16,18,28H,7-8,17H2,1-6H3/b26-15+/t28-/m1/s1. The van der Waals surface area contributed by atoms with Crippen LogP contribution in [0.15, 0.2) is 63.5 Å². The van der Waals surface area contributed by atoms with Crippen molar-refractivity contribution in [3.05, 3.63) is 84.5 Å². The number of carbonyl (C=O) groups is 2. The molecule has 2 heterocycles. The molecule has 1 aromatic heterocycles. The lowest BCUT2D eigenvalue weighted by Gasteiger charge is -2.25. The number of allylic oxidation sites excluding steroid dienone is 1. The van der Waals surface area contributed by atoms with Gasteiger partial charge in [-0.1, -0.05) is 43.4 Å². The molecule has 0 saturated heterocycles. The van der Waals surface area contributed by atoms with Crippen LogP contribution in [0.25, 0.3) is 6.08 Å². The van der Waals surface area contributed by atoms with E-state index in [2.05, 4.69) is 4.99 Å². The summed E-state index contributed by atoms with van der Waals surface area (Å²) in [6.07, 6.45) is 1.79. The van der Waals surface area contributed by atoms with E-state index in [1.807, 2.05) is 52.0 Å². The molecule has 1 atom stereocenters. The van der Waals surface area contributed by atoms with Gasteiger partial charge in [-0.15, -0.1) is 0 Å². The van der Waals surface area contributed by atoms with E-state index in [1.165, 1.54) is 22.8 Å². The van der Waals surface area contributed by atoms with Gasteiger partial charge in [0.1, 0.15) is 5.75 Å². The molecule has 0 aliphatic carbocycles. The smallest absolute Gasteiger partial charge is 0.338 e. The molecule has 2 aromatic carbocycles. The van der Waals surface area contributed by atoms with Crippen LogP contribution >= 0.6 is 11.3 Å². The van der Waals surface area contributed by atoms with Crippen LogP contribution < -0.4 is 29.1 Å². The Morgan fingerprint density at radius 1 is 1.05 bits per heavy atom. The fourth-order valence-corrected chi connectivity index (χ4v) is 5.45. The van der Waals surface area contributed by atoms with Crippen molar-refractivity contribution in [1.82, 2.24) is 4.57 Å². The third kappa shape index (κ3) is 6.77. The van der Waals surface area contributed by atoms with E-state index in [1.54, 1.807) is 31.2 Å². The molecule has 10 heteroatoms. The topological polar surface area (TPSA) is 105 Å². The summed E-state index contributed by atoms with van der Waals surface area (Å²) in [5, 5.41) is 0. The summed E-state index contributed by atoms with van der Waals surface area (Å²) in [7, 11) is 0. The van der Waals surface area contributed by atoms with Crippen LogP contribution in [-0.4, -0.2) is 36.3 Å². The van der Waals surface area contributed by atoms with Gasteiger partial charge in [0.05, 0.1) is 41.7 Å². The molecule has 0 radical (unpaired) electrons. The SMILES string of the molecule is CCOc1ccc(/C=c2/sc3n(c2=O)[C@H](c2ccc(OC(C)=O)c(OCC)c2)C(C(=O)OCC(C)C)=C(C)N=3)cc1. The van der Waals surface area contributed by atoms with Gasteiger partial charge in [-0.3, -0.25) is 14.2 Å². The molecule has 3 aromatic rings. The van der Waals surface area contributed by atoms with Crippen molar-refractivity contribution >= 4 is 29.4 Å². The molecule has 1 aliphatic heterocycles. The molecule has 0 N–H and O–H groups in total. The highest BCUT2D eigenvalue weighted by atomic mass is 32.1. The van der Waals surface area contributed by atoms with Gasteiger partial charge in [0.15, 0.2) is 16.3 Å². The number of thiazole rings is 1. The molecule has 0 amide bonds. The summed E-state index contributed by atoms with van der Waals surface area (Å²) >= 11 is 1.24. The normalized spacial score (nSPS) is 14.9. The summed E-state index contributed by atoms with van der Waals surface area (Å²) in [5.41, 5.74) is 1.83. The lowest BCUT2D eigenvalue weighted by atomic mass is 9.95. The van der Waals surface area contributed by atoms with Crippen LogP contribution in [-0.2, 0) is 14.3 Å². The molecule has 216 valence electrons. The highest BCUT2D eigenvalue weighted by Crippen LogP contribution is 2.36. The van der Waals surface area contributed by atoms with Gasteiger partial charge in [0, 0.05) is 6.92 Å². The van der Waals surface area contributed by atoms with Gasteiger partial charge in [-0.25, -0.2) is 9.79 Å². The van der Waals surface area contributed by atoms with Gasteiger partial charge >= 0.3 is 11.9 Å². The van der Waals surface area contributed by atoms with Gasteiger partial charge < -0.3 is 18.9 Å². The molecule has 0 saturated carbocycles. The van der Waals surface area contributed by atoms with Crippen molar-refractivity contribution in [2.75, 3.05) is 19.8 Å². The summed E-state index contributed by atoms with van der Waals surface area (Å²) in [5.74, 6) is 0.397. The van der Waals surface area contributed by atoms with Crippen molar-refractivity contribution in [1.29, 1.82) is 0 Å². The lowest BCUT2D eigenvalue weighted by Crippen LogP contribution is -2.40. The van der Waals surface area contributed by atoms with Crippen LogP contribution in [0.5, 0.6) is 17.2 Å². The van der Waals surface area contributed by atoms with Crippen molar-refractivity contribution in [3.63, 3.8) is 0 Å². The number of hydrogen-bond donors (Lipinski definition) is 0. The summed E-state index contributed by atoms with van der Waals surface area (Å²) in [6, 6.07) is 11.6. The third-order valence-electron chi connectivity index (χ3n) is 6.12. The third-order valence-corrected chi connectivity index (χ3v) is 7.10. The Labute approximate surface area is 242 Å². The average molecular weight is 579 g/mol. The average Bonchev–Trinajstić information content (AvgIpc) is 3.22. The molecular formula is C31H34N2O7S. The second-order valence-electron chi connectivity index (χ2n) is 9.81. The highest BCUT2D eigenvalue weighted by molar-refractivity contribution is 7.07. The van der Waals surface area contributed by atoms with Crippen molar-refractivity contribution in [3.8, 4) is 17.2 Å². The minimum atomic E-state index is -0.834. The number of rotatable bonds is 10. The Morgan fingerprint density at radius 3 is 2.39 bits per heavy atom. The highest BCUT2D eigenvalue weighted by Gasteiger charge is 2.34. The van der Waals surface area contributed by atoms with E-state index in [0.29, 0.717) is 39.6 Å². The van der Waals surface area contributed by atoms with Crippen LogP contribution in [0, 0.1) is 5.92 Å². The number of ether oxygens (including phenoxy) is 4. The Hall–Kier alpha value is -4.18. The summed E-state index contributed by atoms with van der Waals surface area (Å²) in [6.45, 7) is 11.8. The number of fused-ring (bicyclic) bond motifs is 1. The van der Waals surface area contributed by atoms with Crippen LogP contribution in [0.2, 0.25) is 0 Å². The molecule has 0 bridgehead atoms. The van der Waals surface area contributed by atoms with Crippen LogP contribution in [0.3, 0.4) is 0 Å². The number of esters is 2. The molecule has 1 aliphatic rings. The maximum Gasteiger partial charge on any atom is 0.338 e. The number of hydrogen-bond acceptors (Lipinski definition) is 9. The van der Waals surface area contributed by atoms with Crippen LogP contribution in [0.1, 0.15) is 58.7 Å². The monoisotopic (exact) mass is 578 g/mol. The fourth-order valence-electron chi connectivity index (χ4n) is 4.40. The van der Waals surface area contributed by atoms with Gasteiger partial charge in [-0.05, 0) is 68.2 Å². The van der Waals surface area contributed by atoms with Gasteiger partial charge in [0.25, 0.3) is 5.56 Å². The fraction of sp³-hybridized carbons (Fsp3) is 0.355. The first-order chi connectivity index (χ1) is 19.6. The number of nitrogens with zero attached hydrogens (tertiary/aromatic N) is 2. The van der Waals surface area contributed by atoms with E-state index < -0.39 is 18.0 Å². The molecule has 4 rings (SSSR count). The van der Waals surface area contributed by atoms with E-state index in [-0.39, 0.29) is 29.4 Å². The maximum absolute atomic E-state index is 13.9. The maximum atomic E-state index is 13.9. The first kappa shape index (κ1) is 29.8. The van der Waals surface area contributed by atoms with Gasteiger partial charge in [0.2, 0.25) is 0 Å². The van der Waals surface area contributed by atoms with E-state index >= 15 is 0 Å². The summed E-state index contributed by atoms with van der Waals surface area (Å²) in [4.78, 5) is 44.1. The second kappa shape index (κ2) is 13.0. The van der Waals surface area contributed by atoms with E-state index in [0.717, 1.165) is 11.3 Å². The second-order valence-corrected chi connectivity index (χ2v) is 10.8. The number of aromatic nitrogens is 1. The van der Waals surface area contributed by atoms with Crippen molar-refractivity contribution in [2.45, 2.75) is 47.6 Å². The summed E-state index contributed by atoms with van der Waals surface area (Å²) < 4.78 is 24.2. The largest absolute Gasteiger partial charge is 0.494 e. The zero-order chi connectivity index (χ0) is 29.7. The molecular weight excluding hydrogens is 544 g/mol. The van der Waals surface area contributed by atoms with E-state index in [4.69, 9.17) is 18.9 Å². The first-order valence-corrected chi connectivity index (χ1v) is 14.3. The minimum absolute atomic E-state index is 0.126. The minimum Gasteiger partial charge on any atom is -0.494 e.